The summed E-state index contributed by atoms with van der Waals surface area (Å²) in [6.07, 6.45) is 0. The molecule has 0 heterocycles. The number of hydrogen-bond acceptors (Lipinski definition) is 3. The van der Waals surface area contributed by atoms with Crippen molar-refractivity contribution in [2.45, 2.75) is 0 Å². The van der Waals surface area contributed by atoms with Crippen molar-refractivity contribution in [3.05, 3.63) is 168 Å². The Balaban J connectivity index is 1.85. The third-order valence-electron chi connectivity index (χ3n) is 6.52. The number of aliphatic hydroxyl groups excluding tert-OH is 1. The van der Waals surface area contributed by atoms with Gasteiger partial charge in [-0.25, -0.2) is 0 Å². The molecular formula is C34H27NO2PS+. The molecule has 1 amide bonds. The molecule has 0 bridgehead atoms. The average Bonchev–Trinajstić information content (AvgIpc) is 3.01. The first-order chi connectivity index (χ1) is 19.1. The average molecular weight is 545 g/mol. The first-order valence-electron chi connectivity index (χ1n) is 12.6. The largest absolute Gasteiger partial charge is 0.504 e. The Morgan fingerprint density at radius 3 is 1.26 bits per heavy atom. The lowest BCUT2D eigenvalue weighted by molar-refractivity contribution is 0.0978. The number of benzene rings is 5. The van der Waals surface area contributed by atoms with Crippen LogP contribution in [-0.2, 0) is 0 Å². The van der Waals surface area contributed by atoms with E-state index >= 15 is 0 Å². The molecule has 0 aromatic heterocycles. The van der Waals surface area contributed by atoms with Gasteiger partial charge in [0, 0.05) is 11.1 Å². The molecule has 3 nitrogen and oxygen atoms in total. The third kappa shape index (κ3) is 5.31. The van der Waals surface area contributed by atoms with Gasteiger partial charge in [0.25, 0.3) is 5.91 Å². The highest BCUT2D eigenvalue weighted by molar-refractivity contribution is 8.01. The van der Waals surface area contributed by atoms with Crippen LogP contribution in [-0.4, -0.2) is 16.0 Å². The molecule has 2 N–H and O–H groups in total. The van der Waals surface area contributed by atoms with Gasteiger partial charge in [-0.3, -0.25) is 4.79 Å². The summed E-state index contributed by atoms with van der Waals surface area (Å²) in [5.74, 6) is -0.287. The maximum absolute atomic E-state index is 13.4. The van der Waals surface area contributed by atoms with E-state index in [2.05, 4.69) is 41.7 Å². The van der Waals surface area contributed by atoms with Crippen molar-refractivity contribution in [1.29, 1.82) is 0 Å². The number of hydrogen-bond donors (Lipinski definition) is 2. The molecule has 0 aliphatic heterocycles. The van der Waals surface area contributed by atoms with Crippen LogP contribution >= 0.6 is 19.5 Å². The second-order valence-corrected chi connectivity index (χ2v) is 12.6. The lowest BCUT2D eigenvalue weighted by atomic mass is 10.2. The highest BCUT2D eigenvalue weighted by atomic mass is 32.1. The van der Waals surface area contributed by atoms with Crippen LogP contribution < -0.4 is 21.2 Å². The minimum absolute atomic E-state index is 0.0406. The minimum atomic E-state index is -2.82. The summed E-state index contributed by atoms with van der Waals surface area (Å²) < 4.78 is 0. The number of aliphatic hydroxyl groups is 1. The molecule has 0 radical (unpaired) electrons. The summed E-state index contributed by atoms with van der Waals surface area (Å²) in [5.41, 5.74) is 1.11. The maximum atomic E-state index is 13.4. The smallest absolute Gasteiger partial charge is 0.256 e. The van der Waals surface area contributed by atoms with Crippen LogP contribution in [0, 0.1) is 0 Å². The molecule has 0 saturated heterocycles. The van der Waals surface area contributed by atoms with E-state index in [1.165, 1.54) is 0 Å². The molecule has 5 rings (SSSR count). The Hall–Kier alpha value is -4.37. The zero-order chi connectivity index (χ0) is 27.1. The van der Waals surface area contributed by atoms with Crippen LogP contribution in [0.1, 0.15) is 15.9 Å². The molecule has 190 valence electrons. The number of thiocarbonyl (C=S) groups is 1. The summed E-state index contributed by atoms with van der Waals surface area (Å²) in [6.45, 7) is 0. The normalized spacial score (nSPS) is 11.8. The number of rotatable bonds is 7. The van der Waals surface area contributed by atoms with Gasteiger partial charge in [0.05, 0.1) is 0 Å². The zero-order valence-corrected chi connectivity index (χ0v) is 22.9. The molecule has 0 atom stereocenters. The van der Waals surface area contributed by atoms with Crippen molar-refractivity contribution in [3.63, 3.8) is 0 Å². The fourth-order valence-corrected chi connectivity index (χ4v) is 9.70. The van der Waals surface area contributed by atoms with Gasteiger partial charge in [0.1, 0.15) is 15.9 Å². The summed E-state index contributed by atoms with van der Waals surface area (Å²) in [7, 11) is -2.82. The summed E-state index contributed by atoms with van der Waals surface area (Å²) in [5, 5.41) is 18.6. The molecule has 5 aromatic rings. The lowest BCUT2D eigenvalue weighted by Gasteiger charge is -2.30. The second kappa shape index (κ2) is 12.0. The highest BCUT2D eigenvalue weighted by Crippen LogP contribution is 2.64. The van der Waals surface area contributed by atoms with Gasteiger partial charge in [-0.05, 0) is 48.5 Å². The van der Waals surface area contributed by atoms with Crippen LogP contribution in [0.5, 0.6) is 0 Å². The Bertz CT molecular complexity index is 1490. The summed E-state index contributed by atoms with van der Waals surface area (Å²) in [4.78, 5) is 13.6. The zero-order valence-electron chi connectivity index (χ0n) is 21.1. The number of nitrogens with one attached hydrogen (secondary N) is 1. The quantitative estimate of drug-likeness (QED) is 0.104. The fraction of sp³-hybridized carbons (Fsp3) is 0. The van der Waals surface area contributed by atoms with Crippen LogP contribution in [0.3, 0.4) is 0 Å². The monoisotopic (exact) mass is 544 g/mol. The van der Waals surface area contributed by atoms with E-state index in [1.54, 1.807) is 12.1 Å². The van der Waals surface area contributed by atoms with E-state index in [0.717, 1.165) is 15.9 Å². The molecule has 0 unspecified atom stereocenters. The number of amides is 1. The van der Waals surface area contributed by atoms with Gasteiger partial charge in [0.2, 0.25) is 0 Å². The van der Waals surface area contributed by atoms with E-state index in [-0.39, 0.29) is 16.7 Å². The molecule has 0 saturated carbocycles. The van der Waals surface area contributed by atoms with E-state index in [0.29, 0.717) is 16.4 Å². The Kier molecular flexibility index (Phi) is 8.07. The topological polar surface area (TPSA) is 49.3 Å². The Labute approximate surface area is 234 Å². The third-order valence-corrected chi connectivity index (χ3v) is 11.3. The molecule has 5 aromatic carbocycles. The summed E-state index contributed by atoms with van der Waals surface area (Å²) in [6, 6.07) is 48.7. The van der Waals surface area contributed by atoms with E-state index < -0.39 is 7.26 Å². The Morgan fingerprint density at radius 2 is 0.872 bits per heavy atom. The van der Waals surface area contributed by atoms with Crippen LogP contribution in [0.25, 0.3) is 5.76 Å². The van der Waals surface area contributed by atoms with Gasteiger partial charge in [-0.2, -0.15) is 0 Å². The van der Waals surface area contributed by atoms with Crippen molar-refractivity contribution < 1.29 is 9.90 Å². The predicted octanol–water partition coefficient (Wildman–Crippen LogP) is 6.66. The maximum Gasteiger partial charge on any atom is 0.256 e. The second-order valence-electron chi connectivity index (χ2n) is 8.89. The SMILES string of the molecule is O=C(NC(=S)/C(=C(\O)c1ccccc1)[P+](c1ccccc1)(c1ccccc1)c1ccccc1)c1ccccc1. The molecule has 39 heavy (non-hydrogen) atoms. The molecular weight excluding hydrogens is 517 g/mol. The first-order valence-corrected chi connectivity index (χ1v) is 14.8. The molecule has 0 spiro atoms. The van der Waals surface area contributed by atoms with Crippen molar-refractivity contribution in [2.75, 3.05) is 0 Å². The number of carbonyl (C=O) groups excluding carboxylic acids is 1. The molecule has 0 fully saturated rings. The van der Waals surface area contributed by atoms with Gasteiger partial charge in [-0.15, -0.1) is 0 Å². The Morgan fingerprint density at radius 1 is 0.538 bits per heavy atom. The van der Waals surface area contributed by atoms with Crippen molar-refractivity contribution in [3.8, 4) is 0 Å². The summed E-state index contributed by atoms with van der Waals surface area (Å²) >= 11 is 6.05. The van der Waals surface area contributed by atoms with Crippen LogP contribution in [0.4, 0.5) is 0 Å². The van der Waals surface area contributed by atoms with Gasteiger partial charge in [0.15, 0.2) is 23.3 Å². The lowest BCUT2D eigenvalue weighted by Crippen LogP contribution is -2.39. The molecule has 0 aliphatic rings. The van der Waals surface area contributed by atoms with Crippen LogP contribution in [0.15, 0.2) is 157 Å². The van der Waals surface area contributed by atoms with E-state index in [1.807, 2.05) is 103 Å². The van der Waals surface area contributed by atoms with Crippen LogP contribution in [0.2, 0.25) is 0 Å². The standard InChI is InChI=1S/C34H26NO2PS/c36-31(26-16-6-1-7-17-26)32(34(39)35-33(37)27-18-8-2-9-19-27)38(28-20-10-3-11-21-28,29-22-12-4-13-23-29)30-24-14-5-15-25-30/h1-25H,(H-,35,36,37,39)/p+1. The van der Waals surface area contributed by atoms with Crippen molar-refractivity contribution in [2.24, 2.45) is 0 Å². The van der Waals surface area contributed by atoms with E-state index in [4.69, 9.17) is 12.2 Å². The highest BCUT2D eigenvalue weighted by Gasteiger charge is 2.53. The molecule has 5 heteroatoms. The predicted molar refractivity (Wildman–Crippen MR) is 168 cm³/mol. The fourth-order valence-electron chi connectivity index (χ4n) is 4.76. The van der Waals surface area contributed by atoms with Gasteiger partial charge >= 0.3 is 0 Å². The van der Waals surface area contributed by atoms with Crippen molar-refractivity contribution in [1.82, 2.24) is 5.32 Å². The van der Waals surface area contributed by atoms with Crippen molar-refractivity contribution >= 4 is 52.0 Å². The van der Waals surface area contributed by atoms with Gasteiger partial charge < -0.3 is 10.4 Å². The minimum Gasteiger partial charge on any atom is -0.504 e. The van der Waals surface area contributed by atoms with Gasteiger partial charge in [-0.1, -0.05) is 115 Å². The first kappa shape index (κ1) is 26.2. The molecule has 0 aliphatic carbocycles. The number of carbonyl (C=O) groups is 1. The van der Waals surface area contributed by atoms with E-state index in [9.17, 15) is 9.90 Å².